The Labute approximate surface area is 238 Å². The molecule has 1 fully saturated rings. The predicted molar refractivity (Wildman–Crippen MR) is 158 cm³/mol. The molecule has 0 spiro atoms. The number of ether oxygens (including phenoxy) is 2. The second-order valence-electron chi connectivity index (χ2n) is 10.6. The SMILES string of the molecule is Cc1ccc(-n2nc(C(C)(C)C(=O)O)cc2NC(=O)Nc2ccc(OCCN3CCOCC3)c3ccccc23)cc1. The maximum Gasteiger partial charge on any atom is 0.324 e. The number of aryl methyl sites for hydroxylation is 1. The Hall–Kier alpha value is -4.41. The van der Waals surface area contributed by atoms with Gasteiger partial charge in [-0.2, -0.15) is 5.10 Å². The quantitative estimate of drug-likeness (QED) is 0.264. The highest BCUT2D eigenvalue weighted by atomic mass is 16.5. The van der Waals surface area contributed by atoms with E-state index >= 15 is 0 Å². The lowest BCUT2D eigenvalue weighted by molar-refractivity contribution is -0.142. The van der Waals surface area contributed by atoms with Crippen LogP contribution in [0.4, 0.5) is 16.3 Å². The predicted octanol–water partition coefficient (Wildman–Crippen LogP) is 5.05. The molecule has 4 aromatic rings. The number of fused-ring (bicyclic) bond motifs is 1. The van der Waals surface area contributed by atoms with Crippen molar-refractivity contribution in [1.82, 2.24) is 14.7 Å². The molecule has 214 valence electrons. The maximum absolute atomic E-state index is 13.3. The molecule has 5 rings (SSSR count). The molecule has 0 radical (unpaired) electrons. The van der Waals surface area contributed by atoms with Gasteiger partial charge >= 0.3 is 12.0 Å². The Bertz CT molecular complexity index is 1540. The molecule has 0 saturated carbocycles. The highest BCUT2D eigenvalue weighted by molar-refractivity contribution is 6.07. The molecule has 0 atom stereocenters. The van der Waals surface area contributed by atoms with Gasteiger partial charge in [-0.25, -0.2) is 9.48 Å². The molecule has 1 saturated heterocycles. The number of hydrogen-bond donors (Lipinski definition) is 3. The lowest BCUT2D eigenvalue weighted by Crippen LogP contribution is -2.38. The molecule has 10 heteroatoms. The fourth-order valence-electron chi connectivity index (χ4n) is 4.65. The minimum absolute atomic E-state index is 0.324. The number of nitrogens with zero attached hydrogens (tertiary/aromatic N) is 3. The Morgan fingerprint density at radius 2 is 1.71 bits per heavy atom. The Kier molecular flexibility index (Phi) is 8.23. The van der Waals surface area contributed by atoms with E-state index in [0.717, 1.165) is 54.9 Å². The Balaban J connectivity index is 1.36. The lowest BCUT2D eigenvalue weighted by Gasteiger charge is -2.26. The molecule has 2 amide bonds. The zero-order chi connectivity index (χ0) is 29.0. The summed E-state index contributed by atoms with van der Waals surface area (Å²) in [6.45, 7) is 9.80. The van der Waals surface area contributed by atoms with Gasteiger partial charge < -0.3 is 19.9 Å². The highest BCUT2D eigenvalue weighted by Gasteiger charge is 2.33. The number of amides is 2. The summed E-state index contributed by atoms with van der Waals surface area (Å²) in [6.07, 6.45) is 0. The van der Waals surface area contributed by atoms with Crippen molar-refractivity contribution in [2.75, 3.05) is 50.1 Å². The number of aliphatic carboxylic acids is 1. The van der Waals surface area contributed by atoms with Crippen molar-refractivity contribution in [3.05, 3.63) is 78.0 Å². The van der Waals surface area contributed by atoms with Gasteiger partial charge in [0.15, 0.2) is 0 Å². The van der Waals surface area contributed by atoms with Gasteiger partial charge in [-0.15, -0.1) is 0 Å². The van der Waals surface area contributed by atoms with Crippen LogP contribution in [0.15, 0.2) is 66.7 Å². The van der Waals surface area contributed by atoms with Gasteiger partial charge in [0.1, 0.15) is 23.6 Å². The van der Waals surface area contributed by atoms with Crippen LogP contribution in [0.2, 0.25) is 0 Å². The molecular formula is C31H35N5O5. The molecule has 1 aromatic heterocycles. The second-order valence-corrected chi connectivity index (χ2v) is 10.6. The van der Waals surface area contributed by atoms with Gasteiger partial charge in [-0.1, -0.05) is 42.0 Å². The number of urea groups is 1. The molecular weight excluding hydrogens is 522 g/mol. The van der Waals surface area contributed by atoms with Crippen LogP contribution in [-0.4, -0.2) is 71.2 Å². The first-order chi connectivity index (χ1) is 19.7. The van der Waals surface area contributed by atoms with Gasteiger partial charge in [-0.05, 0) is 45.0 Å². The average molecular weight is 558 g/mol. The number of benzene rings is 3. The summed E-state index contributed by atoms with van der Waals surface area (Å²) in [7, 11) is 0. The third kappa shape index (κ3) is 6.34. The number of aromatic nitrogens is 2. The number of nitrogens with one attached hydrogen (secondary N) is 2. The Morgan fingerprint density at radius 3 is 2.41 bits per heavy atom. The maximum atomic E-state index is 13.3. The molecule has 2 heterocycles. The van der Waals surface area contributed by atoms with Crippen LogP contribution in [0.1, 0.15) is 25.1 Å². The standard InChI is InChI=1S/C31H35N5O5/c1-21-8-10-22(11-9-21)36-28(20-27(34-36)31(2,3)29(37)38)33-30(39)32-25-12-13-26(24-7-5-4-6-23(24)25)41-19-16-35-14-17-40-18-15-35/h4-13,20H,14-19H2,1-3H3,(H,37,38)(H2,32,33,39). The van der Waals surface area contributed by atoms with Gasteiger partial charge in [0.05, 0.1) is 30.3 Å². The molecule has 0 bridgehead atoms. The van der Waals surface area contributed by atoms with Crippen LogP contribution in [0.3, 0.4) is 0 Å². The fraction of sp³-hybridized carbons (Fsp3) is 0.323. The van der Waals surface area contributed by atoms with E-state index in [2.05, 4.69) is 20.6 Å². The topological polar surface area (TPSA) is 118 Å². The van der Waals surface area contributed by atoms with Crippen LogP contribution in [-0.2, 0) is 14.9 Å². The van der Waals surface area contributed by atoms with Crippen molar-refractivity contribution >= 4 is 34.3 Å². The van der Waals surface area contributed by atoms with Crippen molar-refractivity contribution < 1.29 is 24.2 Å². The molecule has 3 N–H and O–H groups in total. The third-order valence-electron chi connectivity index (χ3n) is 7.31. The van der Waals surface area contributed by atoms with E-state index in [4.69, 9.17) is 9.47 Å². The summed E-state index contributed by atoms with van der Waals surface area (Å²) in [5.74, 6) is 0.0849. The van der Waals surface area contributed by atoms with E-state index in [1.807, 2.05) is 67.6 Å². The molecule has 41 heavy (non-hydrogen) atoms. The number of anilines is 2. The minimum Gasteiger partial charge on any atom is -0.492 e. The van der Waals surface area contributed by atoms with Crippen molar-refractivity contribution in [3.8, 4) is 11.4 Å². The number of morpholine rings is 1. The highest BCUT2D eigenvalue weighted by Crippen LogP contribution is 2.32. The zero-order valence-corrected chi connectivity index (χ0v) is 23.5. The van der Waals surface area contributed by atoms with E-state index in [0.29, 0.717) is 29.5 Å². The monoisotopic (exact) mass is 557 g/mol. The van der Waals surface area contributed by atoms with E-state index in [1.54, 1.807) is 24.6 Å². The molecule has 10 nitrogen and oxygen atoms in total. The average Bonchev–Trinajstić information content (AvgIpc) is 3.39. The van der Waals surface area contributed by atoms with E-state index in [1.165, 1.54) is 0 Å². The first kappa shape index (κ1) is 28.1. The van der Waals surface area contributed by atoms with E-state index in [9.17, 15) is 14.7 Å². The fourth-order valence-corrected chi connectivity index (χ4v) is 4.65. The van der Waals surface area contributed by atoms with Crippen molar-refractivity contribution in [3.63, 3.8) is 0 Å². The zero-order valence-electron chi connectivity index (χ0n) is 23.5. The summed E-state index contributed by atoms with van der Waals surface area (Å²) in [6, 6.07) is 20.1. The van der Waals surface area contributed by atoms with Crippen LogP contribution in [0, 0.1) is 6.92 Å². The number of carbonyl (C=O) groups excluding carboxylic acids is 1. The van der Waals surface area contributed by atoms with Gasteiger partial charge in [-0.3, -0.25) is 15.0 Å². The summed E-state index contributed by atoms with van der Waals surface area (Å²) in [5.41, 5.74) is 1.45. The molecule has 3 aromatic carbocycles. The van der Waals surface area contributed by atoms with Crippen molar-refractivity contribution in [1.29, 1.82) is 0 Å². The van der Waals surface area contributed by atoms with Crippen LogP contribution in [0.5, 0.6) is 5.75 Å². The normalized spacial score (nSPS) is 14.1. The van der Waals surface area contributed by atoms with Crippen molar-refractivity contribution in [2.24, 2.45) is 0 Å². The summed E-state index contributed by atoms with van der Waals surface area (Å²) in [4.78, 5) is 27.5. The summed E-state index contributed by atoms with van der Waals surface area (Å²) in [5, 5.41) is 21.8. The second kappa shape index (κ2) is 12.0. The van der Waals surface area contributed by atoms with Gasteiger partial charge in [0.2, 0.25) is 0 Å². The summed E-state index contributed by atoms with van der Waals surface area (Å²) < 4.78 is 13.1. The first-order valence-corrected chi connectivity index (χ1v) is 13.7. The third-order valence-corrected chi connectivity index (χ3v) is 7.31. The smallest absolute Gasteiger partial charge is 0.324 e. The van der Waals surface area contributed by atoms with E-state index < -0.39 is 17.4 Å². The molecule has 1 aliphatic heterocycles. The first-order valence-electron chi connectivity index (χ1n) is 13.7. The largest absolute Gasteiger partial charge is 0.492 e. The van der Waals surface area contributed by atoms with Gasteiger partial charge in [0, 0.05) is 36.5 Å². The number of rotatable bonds is 9. The Morgan fingerprint density at radius 1 is 1.00 bits per heavy atom. The molecule has 0 unspecified atom stereocenters. The van der Waals surface area contributed by atoms with Crippen LogP contribution >= 0.6 is 0 Å². The minimum atomic E-state index is -1.25. The summed E-state index contributed by atoms with van der Waals surface area (Å²) >= 11 is 0. The number of hydrogen-bond acceptors (Lipinski definition) is 6. The number of carbonyl (C=O) groups is 2. The molecule has 1 aliphatic rings. The lowest BCUT2D eigenvalue weighted by atomic mass is 9.90. The van der Waals surface area contributed by atoms with Crippen LogP contribution < -0.4 is 15.4 Å². The van der Waals surface area contributed by atoms with Crippen molar-refractivity contribution in [2.45, 2.75) is 26.2 Å². The number of carboxylic acid groups (broad SMARTS) is 1. The van der Waals surface area contributed by atoms with Crippen LogP contribution in [0.25, 0.3) is 16.5 Å². The molecule has 0 aliphatic carbocycles. The number of carboxylic acids is 1. The van der Waals surface area contributed by atoms with E-state index in [-0.39, 0.29) is 0 Å². The van der Waals surface area contributed by atoms with Gasteiger partial charge in [0.25, 0.3) is 0 Å².